The smallest absolute Gasteiger partial charge is 0.308 e. The second kappa shape index (κ2) is 9.50. The van der Waals surface area contributed by atoms with Crippen LogP contribution in [0.15, 0.2) is 36.4 Å². The van der Waals surface area contributed by atoms with Gasteiger partial charge in [-0.1, -0.05) is 6.07 Å². The summed E-state index contributed by atoms with van der Waals surface area (Å²) >= 11 is 0. The van der Waals surface area contributed by atoms with E-state index in [4.69, 9.17) is 14.2 Å². The van der Waals surface area contributed by atoms with Crippen molar-refractivity contribution in [2.24, 2.45) is 0 Å². The predicted molar refractivity (Wildman–Crippen MR) is 101 cm³/mol. The van der Waals surface area contributed by atoms with Gasteiger partial charge in [0.15, 0.2) is 5.78 Å². The Morgan fingerprint density at radius 1 is 0.793 bits per heavy atom. The second-order valence-electron chi connectivity index (χ2n) is 6.15. The molecule has 0 aliphatic carbocycles. The van der Waals surface area contributed by atoms with Crippen LogP contribution >= 0.6 is 0 Å². The fourth-order valence-corrected chi connectivity index (χ4v) is 2.57. The van der Waals surface area contributed by atoms with Crippen molar-refractivity contribution in [1.82, 2.24) is 0 Å². The molecule has 8 nitrogen and oxygen atoms in total. The van der Waals surface area contributed by atoms with Gasteiger partial charge in [0, 0.05) is 39.3 Å². The zero-order chi connectivity index (χ0) is 21.6. The first-order valence-electron chi connectivity index (χ1n) is 8.70. The van der Waals surface area contributed by atoms with Crippen molar-refractivity contribution in [1.29, 1.82) is 0 Å². The van der Waals surface area contributed by atoms with Crippen molar-refractivity contribution in [3.8, 4) is 23.0 Å². The fraction of sp³-hybridized carbons (Fsp3) is 0.238. The van der Waals surface area contributed by atoms with E-state index in [1.54, 1.807) is 6.07 Å². The summed E-state index contributed by atoms with van der Waals surface area (Å²) in [5.41, 5.74) is 0.631. The third-order valence-corrected chi connectivity index (χ3v) is 3.71. The highest BCUT2D eigenvalue weighted by Gasteiger charge is 2.17. The molecule has 2 rings (SSSR count). The van der Waals surface area contributed by atoms with Gasteiger partial charge in [-0.2, -0.15) is 0 Å². The number of carbonyl (C=O) groups excluding carboxylic acids is 4. The molecule has 0 spiro atoms. The fourth-order valence-electron chi connectivity index (χ4n) is 2.57. The molecule has 152 valence electrons. The van der Waals surface area contributed by atoms with Gasteiger partial charge >= 0.3 is 17.9 Å². The van der Waals surface area contributed by atoms with E-state index in [0.717, 1.165) is 0 Å². The summed E-state index contributed by atoms with van der Waals surface area (Å²) in [5, 5.41) is 10.1. The highest BCUT2D eigenvalue weighted by atomic mass is 16.5. The van der Waals surface area contributed by atoms with E-state index in [2.05, 4.69) is 0 Å². The van der Waals surface area contributed by atoms with Crippen molar-refractivity contribution in [2.75, 3.05) is 0 Å². The highest BCUT2D eigenvalue weighted by molar-refractivity contribution is 5.99. The van der Waals surface area contributed by atoms with Crippen molar-refractivity contribution in [3.63, 3.8) is 0 Å². The minimum atomic E-state index is -0.627. The van der Waals surface area contributed by atoms with Crippen molar-refractivity contribution in [3.05, 3.63) is 47.5 Å². The van der Waals surface area contributed by atoms with Crippen LogP contribution in [0.25, 0.3) is 0 Å². The van der Waals surface area contributed by atoms with Crippen molar-refractivity contribution >= 4 is 23.7 Å². The molecule has 0 radical (unpaired) electrons. The number of Topliss-reactive ketones (excluding diaryl/α,β-unsaturated/α-hetero) is 1. The average molecular weight is 400 g/mol. The minimum Gasteiger partial charge on any atom is -0.508 e. The molecule has 0 saturated heterocycles. The maximum atomic E-state index is 12.6. The van der Waals surface area contributed by atoms with E-state index in [-0.39, 0.29) is 47.2 Å². The lowest BCUT2D eigenvalue weighted by Crippen LogP contribution is -2.10. The summed E-state index contributed by atoms with van der Waals surface area (Å²) in [7, 11) is 0. The molecule has 2 aromatic carbocycles. The Morgan fingerprint density at radius 2 is 1.34 bits per heavy atom. The summed E-state index contributed by atoms with van der Waals surface area (Å²) < 4.78 is 14.9. The summed E-state index contributed by atoms with van der Waals surface area (Å²) in [5.74, 6) is -1.81. The Bertz CT molecular complexity index is 961. The molecule has 8 heteroatoms. The van der Waals surface area contributed by atoms with Crippen LogP contribution in [0.1, 0.15) is 43.1 Å². The van der Waals surface area contributed by atoms with Crippen LogP contribution in [0, 0.1) is 0 Å². The van der Waals surface area contributed by atoms with Gasteiger partial charge in [-0.15, -0.1) is 0 Å². The first-order valence-corrected chi connectivity index (χ1v) is 8.70. The number of rotatable bonds is 7. The minimum absolute atomic E-state index is 0.0155. The Morgan fingerprint density at radius 3 is 1.90 bits per heavy atom. The lowest BCUT2D eigenvalue weighted by atomic mass is 10.0. The summed E-state index contributed by atoms with van der Waals surface area (Å²) in [4.78, 5) is 46.0. The number of benzene rings is 2. The number of hydrogen-bond acceptors (Lipinski definition) is 8. The van der Waals surface area contributed by atoms with Crippen molar-refractivity contribution < 1.29 is 38.5 Å². The number of esters is 3. The van der Waals surface area contributed by atoms with Crippen LogP contribution in [-0.2, 0) is 20.8 Å². The van der Waals surface area contributed by atoms with Crippen LogP contribution in [-0.4, -0.2) is 28.8 Å². The Balaban J connectivity index is 2.16. The average Bonchev–Trinajstić information content (AvgIpc) is 2.59. The molecule has 0 saturated carbocycles. The molecular formula is C21H20O8. The van der Waals surface area contributed by atoms with Gasteiger partial charge in [0.25, 0.3) is 0 Å². The van der Waals surface area contributed by atoms with Gasteiger partial charge in [-0.25, -0.2) is 0 Å². The number of ketones is 1. The molecular weight excluding hydrogens is 380 g/mol. The molecule has 0 aliphatic heterocycles. The van der Waals surface area contributed by atoms with Gasteiger partial charge in [-0.3, -0.25) is 19.2 Å². The van der Waals surface area contributed by atoms with Gasteiger partial charge in [0.1, 0.15) is 23.0 Å². The number of carbonyl (C=O) groups is 4. The third kappa shape index (κ3) is 6.46. The third-order valence-electron chi connectivity index (χ3n) is 3.71. The topological polar surface area (TPSA) is 116 Å². The molecule has 0 amide bonds. The van der Waals surface area contributed by atoms with Crippen molar-refractivity contribution in [2.45, 2.75) is 33.6 Å². The van der Waals surface area contributed by atoms with Crippen LogP contribution in [0.2, 0.25) is 0 Å². The zero-order valence-electron chi connectivity index (χ0n) is 16.2. The molecule has 0 unspecified atom stereocenters. The number of hydrogen-bond donors (Lipinski definition) is 1. The molecule has 1 N–H and O–H groups in total. The van der Waals surface area contributed by atoms with Gasteiger partial charge in [-0.05, 0) is 30.2 Å². The van der Waals surface area contributed by atoms with Gasteiger partial charge in [0.2, 0.25) is 0 Å². The predicted octanol–water partition coefficient (Wildman–Crippen LogP) is 2.98. The van der Waals surface area contributed by atoms with Crippen LogP contribution < -0.4 is 14.2 Å². The van der Waals surface area contributed by atoms with E-state index >= 15 is 0 Å². The molecule has 0 fully saturated rings. The Labute approximate surface area is 167 Å². The number of phenolic OH excluding ortho intramolecular Hbond substituents is 1. The quantitative estimate of drug-likeness (QED) is 0.428. The number of aryl methyl sites for hydroxylation is 1. The van der Waals surface area contributed by atoms with E-state index in [9.17, 15) is 24.3 Å². The Kier molecular flexibility index (Phi) is 7.08. The molecule has 29 heavy (non-hydrogen) atoms. The van der Waals surface area contributed by atoms with Crippen LogP contribution in [0.5, 0.6) is 23.0 Å². The monoisotopic (exact) mass is 400 g/mol. The lowest BCUT2D eigenvalue weighted by molar-refractivity contribution is -0.133. The zero-order valence-corrected chi connectivity index (χ0v) is 16.2. The van der Waals surface area contributed by atoms with Gasteiger partial charge < -0.3 is 19.3 Å². The van der Waals surface area contributed by atoms with E-state index in [0.29, 0.717) is 5.56 Å². The summed E-state index contributed by atoms with van der Waals surface area (Å²) in [6.07, 6.45) is 0.220. The standard InChI is InChI=1S/C21H20O8/c1-12(22)27-16-6-4-15(20(26)10-16)5-9-19(25)18-8-7-17(28-13(2)23)11-21(18)29-14(3)24/h4,6-8,10-11,26H,5,9H2,1-3H3. The maximum absolute atomic E-state index is 12.6. The lowest BCUT2D eigenvalue weighted by Gasteiger charge is -2.11. The highest BCUT2D eigenvalue weighted by Crippen LogP contribution is 2.29. The molecule has 2 aromatic rings. The van der Waals surface area contributed by atoms with Crippen LogP contribution in [0.3, 0.4) is 0 Å². The van der Waals surface area contributed by atoms with Gasteiger partial charge in [0.05, 0.1) is 5.56 Å². The molecule has 0 aliphatic rings. The summed E-state index contributed by atoms with van der Waals surface area (Å²) in [6.45, 7) is 3.66. The molecule has 0 aromatic heterocycles. The Hall–Kier alpha value is -3.68. The summed E-state index contributed by atoms with van der Waals surface area (Å²) in [6, 6.07) is 8.48. The first-order chi connectivity index (χ1) is 13.7. The van der Waals surface area contributed by atoms with E-state index in [1.165, 1.54) is 51.1 Å². The molecule has 0 atom stereocenters. The second-order valence-corrected chi connectivity index (χ2v) is 6.15. The number of ether oxygens (including phenoxy) is 3. The number of aromatic hydroxyl groups is 1. The normalized spacial score (nSPS) is 10.2. The SMILES string of the molecule is CC(=O)Oc1ccc(CCC(=O)c2ccc(OC(C)=O)cc2OC(C)=O)c(O)c1. The first kappa shape index (κ1) is 21.6. The van der Waals surface area contributed by atoms with Crippen LogP contribution in [0.4, 0.5) is 0 Å². The van der Waals surface area contributed by atoms with E-state index in [1.807, 2.05) is 0 Å². The maximum Gasteiger partial charge on any atom is 0.308 e. The molecule has 0 bridgehead atoms. The number of phenols is 1. The molecule has 0 heterocycles. The van der Waals surface area contributed by atoms with E-state index < -0.39 is 17.9 Å². The largest absolute Gasteiger partial charge is 0.508 e.